The Bertz CT molecular complexity index is 399. The van der Waals surface area contributed by atoms with Gasteiger partial charge in [-0.3, -0.25) is 14.8 Å². The fourth-order valence-electron chi connectivity index (χ4n) is 2.08. The van der Waals surface area contributed by atoms with Crippen molar-refractivity contribution in [3.8, 4) is 0 Å². The highest BCUT2D eigenvalue weighted by atomic mass is 16.5. The number of amides is 1. The molecular weight excluding hydrogens is 244 g/mol. The van der Waals surface area contributed by atoms with Crippen molar-refractivity contribution in [2.45, 2.75) is 19.8 Å². The van der Waals surface area contributed by atoms with Gasteiger partial charge < -0.3 is 10.1 Å². The van der Waals surface area contributed by atoms with Crippen molar-refractivity contribution < 1.29 is 9.53 Å². The van der Waals surface area contributed by atoms with Gasteiger partial charge in [0.05, 0.1) is 13.2 Å². The summed E-state index contributed by atoms with van der Waals surface area (Å²) in [5, 5.41) is 9.73. The Morgan fingerprint density at radius 3 is 3.00 bits per heavy atom. The maximum absolute atomic E-state index is 11.8. The Kier molecular flexibility index (Phi) is 5.35. The predicted octanol–water partition coefficient (Wildman–Crippen LogP) is 0.424. The van der Waals surface area contributed by atoms with Gasteiger partial charge in [-0.1, -0.05) is 6.92 Å². The first-order chi connectivity index (χ1) is 9.29. The minimum absolute atomic E-state index is 0.0991. The molecule has 1 fully saturated rings. The molecule has 1 aliphatic rings. The average molecular weight is 266 g/mol. The molecule has 2 heterocycles. The molecule has 106 valence electrons. The van der Waals surface area contributed by atoms with E-state index in [1.165, 1.54) is 0 Å². The second-order valence-corrected chi connectivity index (χ2v) is 4.70. The highest BCUT2D eigenvalue weighted by Crippen LogP contribution is 2.00. The number of nitrogens with one attached hydrogen (secondary N) is 2. The molecule has 1 amide bonds. The smallest absolute Gasteiger partial charge is 0.271 e. The number of rotatable bonds is 6. The van der Waals surface area contributed by atoms with E-state index < -0.39 is 0 Å². The number of ether oxygens (including phenoxy) is 1. The fourth-order valence-corrected chi connectivity index (χ4v) is 2.08. The van der Waals surface area contributed by atoms with E-state index in [1.54, 1.807) is 6.07 Å². The molecule has 1 saturated heterocycles. The quantitative estimate of drug-likeness (QED) is 0.732. The van der Waals surface area contributed by atoms with Gasteiger partial charge in [-0.25, -0.2) is 0 Å². The van der Waals surface area contributed by atoms with E-state index in [1.807, 2.05) is 6.92 Å². The fraction of sp³-hybridized carbons (Fsp3) is 0.692. The van der Waals surface area contributed by atoms with E-state index in [2.05, 4.69) is 20.4 Å². The zero-order chi connectivity index (χ0) is 13.5. The summed E-state index contributed by atoms with van der Waals surface area (Å²) in [6.07, 6.45) is 1.81. The third kappa shape index (κ3) is 4.33. The molecular formula is C13H22N4O2. The van der Waals surface area contributed by atoms with Gasteiger partial charge >= 0.3 is 0 Å². The highest BCUT2D eigenvalue weighted by Gasteiger charge is 2.11. The van der Waals surface area contributed by atoms with Crippen LogP contribution in [0.3, 0.4) is 0 Å². The van der Waals surface area contributed by atoms with Gasteiger partial charge in [0.1, 0.15) is 5.69 Å². The number of aromatic nitrogens is 2. The second-order valence-electron chi connectivity index (χ2n) is 4.70. The third-order valence-electron chi connectivity index (χ3n) is 3.28. The van der Waals surface area contributed by atoms with Crippen molar-refractivity contribution >= 4 is 5.91 Å². The van der Waals surface area contributed by atoms with Crippen LogP contribution in [0.2, 0.25) is 0 Å². The van der Waals surface area contributed by atoms with Gasteiger partial charge in [0.2, 0.25) is 0 Å². The third-order valence-corrected chi connectivity index (χ3v) is 3.28. The van der Waals surface area contributed by atoms with E-state index in [-0.39, 0.29) is 5.91 Å². The van der Waals surface area contributed by atoms with Gasteiger partial charge in [-0.15, -0.1) is 0 Å². The van der Waals surface area contributed by atoms with Gasteiger partial charge in [0, 0.05) is 25.3 Å². The molecule has 2 rings (SSSR count). The molecule has 6 heteroatoms. The van der Waals surface area contributed by atoms with E-state index in [4.69, 9.17) is 4.74 Å². The van der Waals surface area contributed by atoms with Crippen LogP contribution in [0, 0.1) is 0 Å². The first-order valence-electron chi connectivity index (χ1n) is 6.92. The van der Waals surface area contributed by atoms with Crippen LogP contribution in [0.25, 0.3) is 0 Å². The molecule has 0 spiro atoms. The summed E-state index contributed by atoms with van der Waals surface area (Å²) < 4.78 is 5.29. The van der Waals surface area contributed by atoms with Crippen LogP contribution >= 0.6 is 0 Å². The lowest BCUT2D eigenvalue weighted by Gasteiger charge is -2.26. The lowest BCUT2D eigenvalue weighted by Crippen LogP contribution is -2.38. The van der Waals surface area contributed by atoms with E-state index >= 15 is 0 Å². The zero-order valence-corrected chi connectivity index (χ0v) is 11.4. The number of carbonyl (C=O) groups excluding carboxylic acids is 1. The van der Waals surface area contributed by atoms with E-state index in [9.17, 15) is 4.79 Å². The van der Waals surface area contributed by atoms with Crippen LogP contribution in [0.4, 0.5) is 0 Å². The number of aromatic amines is 1. The molecule has 0 aliphatic carbocycles. The Balaban J connectivity index is 1.63. The monoisotopic (exact) mass is 266 g/mol. The summed E-state index contributed by atoms with van der Waals surface area (Å²) in [6, 6.07) is 1.80. The predicted molar refractivity (Wildman–Crippen MR) is 72.2 cm³/mol. The van der Waals surface area contributed by atoms with Crippen molar-refractivity contribution in [2.24, 2.45) is 0 Å². The summed E-state index contributed by atoms with van der Waals surface area (Å²) in [4.78, 5) is 14.2. The molecule has 0 saturated carbocycles. The van der Waals surface area contributed by atoms with Crippen molar-refractivity contribution in [2.75, 3.05) is 39.4 Å². The molecule has 2 N–H and O–H groups in total. The normalized spacial score (nSPS) is 16.5. The molecule has 1 aromatic rings. The lowest BCUT2D eigenvalue weighted by molar-refractivity contribution is 0.0374. The van der Waals surface area contributed by atoms with Crippen LogP contribution in [0.15, 0.2) is 6.07 Å². The lowest BCUT2D eigenvalue weighted by atomic mass is 10.3. The topological polar surface area (TPSA) is 70.2 Å². The summed E-state index contributed by atoms with van der Waals surface area (Å²) in [5.41, 5.74) is 1.46. The van der Waals surface area contributed by atoms with Gasteiger partial charge in [0.25, 0.3) is 5.91 Å². The molecule has 0 bridgehead atoms. The molecule has 6 nitrogen and oxygen atoms in total. The summed E-state index contributed by atoms with van der Waals surface area (Å²) in [7, 11) is 0. The molecule has 19 heavy (non-hydrogen) atoms. The number of morpholine rings is 1. The Morgan fingerprint density at radius 1 is 1.53 bits per heavy atom. The second kappa shape index (κ2) is 7.25. The summed E-state index contributed by atoms with van der Waals surface area (Å²) in [6.45, 7) is 7.34. The van der Waals surface area contributed by atoms with Crippen LogP contribution in [-0.2, 0) is 11.2 Å². The highest BCUT2D eigenvalue weighted by molar-refractivity contribution is 5.92. The Labute approximate surface area is 113 Å². The molecule has 1 aliphatic heterocycles. The van der Waals surface area contributed by atoms with Crippen LogP contribution in [-0.4, -0.2) is 60.4 Å². The standard InChI is InChI=1S/C13H22N4O2/c1-2-11-10-12(16-15-11)13(18)14-4-3-5-17-6-8-19-9-7-17/h10H,2-9H2,1H3,(H,14,18)(H,15,16). The number of H-pyrrole nitrogens is 1. The number of hydrogen-bond acceptors (Lipinski definition) is 4. The average Bonchev–Trinajstić information content (AvgIpc) is 2.93. The van der Waals surface area contributed by atoms with Gasteiger partial charge in [0.15, 0.2) is 0 Å². The molecule has 1 aromatic heterocycles. The van der Waals surface area contributed by atoms with Crippen LogP contribution < -0.4 is 5.32 Å². The number of aryl methyl sites for hydroxylation is 1. The number of nitrogens with zero attached hydrogens (tertiary/aromatic N) is 2. The Hall–Kier alpha value is -1.40. The number of carbonyl (C=O) groups is 1. The molecule has 0 radical (unpaired) electrons. The SMILES string of the molecule is CCc1cc(C(=O)NCCCN2CCOCC2)n[nH]1. The van der Waals surface area contributed by atoms with Crippen molar-refractivity contribution in [1.29, 1.82) is 0 Å². The molecule has 0 unspecified atom stereocenters. The maximum Gasteiger partial charge on any atom is 0.271 e. The zero-order valence-electron chi connectivity index (χ0n) is 11.4. The summed E-state index contributed by atoms with van der Waals surface area (Å²) in [5.74, 6) is -0.0991. The van der Waals surface area contributed by atoms with E-state index in [0.29, 0.717) is 12.2 Å². The van der Waals surface area contributed by atoms with Gasteiger partial charge in [-0.05, 0) is 25.5 Å². The van der Waals surface area contributed by atoms with Crippen LogP contribution in [0.1, 0.15) is 29.5 Å². The van der Waals surface area contributed by atoms with Crippen molar-refractivity contribution in [3.05, 3.63) is 17.5 Å². The minimum Gasteiger partial charge on any atom is -0.379 e. The minimum atomic E-state index is -0.0991. The first-order valence-corrected chi connectivity index (χ1v) is 6.92. The maximum atomic E-state index is 11.8. The number of hydrogen-bond donors (Lipinski definition) is 2. The van der Waals surface area contributed by atoms with Crippen molar-refractivity contribution in [1.82, 2.24) is 20.4 Å². The molecule has 0 atom stereocenters. The van der Waals surface area contributed by atoms with Gasteiger partial charge in [-0.2, -0.15) is 5.10 Å². The van der Waals surface area contributed by atoms with Crippen molar-refractivity contribution in [3.63, 3.8) is 0 Å². The molecule has 0 aromatic carbocycles. The van der Waals surface area contributed by atoms with Crippen LogP contribution in [0.5, 0.6) is 0 Å². The largest absolute Gasteiger partial charge is 0.379 e. The van der Waals surface area contributed by atoms with E-state index in [0.717, 1.165) is 51.4 Å². The first kappa shape index (κ1) is 14.0. The Morgan fingerprint density at radius 2 is 2.32 bits per heavy atom. The summed E-state index contributed by atoms with van der Waals surface area (Å²) >= 11 is 0.